The molecule has 1 saturated heterocycles. The molecule has 3 aromatic rings. The number of aromatic nitrogens is 1. The molecule has 1 aromatic heterocycles. The number of phenolic OH excluding ortho intramolecular Hbond substituents is 1. The molecule has 0 aliphatic carbocycles. The Labute approximate surface area is 214 Å². The van der Waals surface area contributed by atoms with Gasteiger partial charge in [-0.1, -0.05) is 30.7 Å². The largest absolute Gasteiger partial charge is 0.508 e. The van der Waals surface area contributed by atoms with Crippen molar-refractivity contribution in [1.82, 2.24) is 8.98 Å². The number of anilines is 1. The molecule has 0 bridgehead atoms. The summed E-state index contributed by atoms with van der Waals surface area (Å²) in [4.78, 5) is 13.4. The number of nitrogens with zero attached hydrogens (tertiary/aromatic N) is 5. The van der Waals surface area contributed by atoms with Gasteiger partial charge in [-0.2, -0.15) is 24.6 Å². The van der Waals surface area contributed by atoms with Crippen LogP contribution in [0.5, 0.6) is 5.75 Å². The van der Waals surface area contributed by atoms with Gasteiger partial charge in [0.1, 0.15) is 34.8 Å². The summed E-state index contributed by atoms with van der Waals surface area (Å²) >= 11 is 0. The third-order valence-electron chi connectivity index (χ3n) is 6.25. The summed E-state index contributed by atoms with van der Waals surface area (Å²) in [6, 6.07) is 15.6. The summed E-state index contributed by atoms with van der Waals surface area (Å²) in [5.41, 5.74) is 6.20. The van der Waals surface area contributed by atoms with Gasteiger partial charge >= 0.3 is 0 Å². The van der Waals surface area contributed by atoms with Crippen LogP contribution in [0, 0.1) is 22.7 Å². The van der Waals surface area contributed by atoms with Crippen molar-refractivity contribution in [2.75, 3.05) is 18.8 Å². The molecule has 188 valence electrons. The standard InChI is InChI=1S/C26H24N6O4S/c1-17(18-7-11-21(12-8-18)37(35,36)31-13-3-2-4-14-31)30-32-25(29)22(15-27)24(23(16-28)26(32)34)19-5-9-20(33)10-6-19/h5-12,33H,2-4,13-14,29H2,1H3/b30-17+. The Bertz CT molecular complexity index is 1620. The van der Waals surface area contributed by atoms with E-state index in [1.54, 1.807) is 19.1 Å². The number of nitrogen functional groups attached to an aromatic ring is 1. The molecule has 4 rings (SSSR count). The number of piperidine rings is 1. The third kappa shape index (κ3) is 4.83. The molecule has 10 nitrogen and oxygen atoms in total. The average Bonchev–Trinajstić information content (AvgIpc) is 2.92. The van der Waals surface area contributed by atoms with Crippen LogP contribution in [-0.2, 0) is 10.0 Å². The van der Waals surface area contributed by atoms with Crippen LogP contribution < -0.4 is 11.3 Å². The van der Waals surface area contributed by atoms with Crippen molar-refractivity contribution in [2.24, 2.45) is 5.10 Å². The first-order valence-corrected chi connectivity index (χ1v) is 13.0. The SMILES string of the molecule is C/C(=N\n1c(N)c(C#N)c(-c2ccc(O)cc2)c(C#N)c1=O)c1ccc(S(=O)(=O)N2CCCCC2)cc1. The summed E-state index contributed by atoms with van der Waals surface area (Å²) in [5.74, 6) is -0.268. The van der Waals surface area contributed by atoms with E-state index in [0.29, 0.717) is 29.9 Å². The lowest BCUT2D eigenvalue weighted by molar-refractivity contribution is 0.346. The number of hydrogen-bond donors (Lipinski definition) is 2. The van der Waals surface area contributed by atoms with Gasteiger partial charge in [0.25, 0.3) is 5.56 Å². The molecule has 1 aliphatic rings. The number of sulfonamides is 1. The van der Waals surface area contributed by atoms with E-state index < -0.39 is 15.6 Å². The van der Waals surface area contributed by atoms with Crippen LogP contribution in [0.2, 0.25) is 0 Å². The van der Waals surface area contributed by atoms with Crippen LogP contribution in [-0.4, -0.2) is 41.3 Å². The molecule has 1 fully saturated rings. The molecule has 11 heteroatoms. The Morgan fingerprint density at radius 3 is 2.14 bits per heavy atom. The average molecular weight is 517 g/mol. The predicted molar refractivity (Wildman–Crippen MR) is 138 cm³/mol. The zero-order valence-electron chi connectivity index (χ0n) is 20.0. The van der Waals surface area contributed by atoms with E-state index in [2.05, 4.69) is 5.10 Å². The second-order valence-electron chi connectivity index (χ2n) is 8.57. The van der Waals surface area contributed by atoms with E-state index in [-0.39, 0.29) is 33.2 Å². The number of hydrogen-bond acceptors (Lipinski definition) is 8. The first-order valence-electron chi connectivity index (χ1n) is 11.5. The third-order valence-corrected chi connectivity index (χ3v) is 8.16. The molecule has 37 heavy (non-hydrogen) atoms. The van der Waals surface area contributed by atoms with E-state index >= 15 is 0 Å². The minimum absolute atomic E-state index is 0.0166. The lowest BCUT2D eigenvalue weighted by Crippen LogP contribution is -2.35. The van der Waals surface area contributed by atoms with Crippen LogP contribution >= 0.6 is 0 Å². The van der Waals surface area contributed by atoms with Gasteiger partial charge in [-0.3, -0.25) is 4.79 Å². The number of rotatable bonds is 5. The fraction of sp³-hybridized carbons (Fsp3) is 0.231. The van der Waals surface area contributed by atoms with Crippen LogP contribution in [0.3, 0.4) is 0 Å². The van der Waals surface area contributed by atoms with Crippen molar-refractivity contribution in [2.45, 2.75) is 31.1 Å². The summed E-state index contributed by atoms with van der Waals surface area (Å²) in [6.07, 6.45) is 2.68. The van der Waals surface area contributed by atoms with Crippen molar-refractivity contribution in [3.8, 4) is 29.0 Å². The van der Waals surface area contributed by atoms with E-state index in [0.717, 1.165) is 23.9 Å². The van der Waals surface area contributed by atoms with Crippen molar-refractivity contribution < 1.29 is 13.5 Å². The zero-order chi connectivity index (χ0) is 26.7. The highest BCUT2D eigenvalue weighted by Gasteiger charge is 2.26. The van der Waals surface area contributed by atoms with Crippen molar-refractivity contribution in [3.05, 3.63) is 75.6 Å². The molecular weight excluding hydrogens is 492 g/mol. The fourth-order valence-electron chi connectivity index (χ4n) is 4.24. The first-order chi connectivity index (χ1) is 17.7. The molecule has 2 heterocycles. The second-order valence-corrected chi connectivity index (χ2v) is 10.5. The van der Waals surface area contributed by atoms with Crippen LogP contribution in [0.15, 0.2) is 63.3 Å². The highest BCUT2D eigenvalue weighted by molar-refractivity contribution is 7.89. The minimum Gasteiger partial charge on any atom is -0.508 e. The topological polar surface area (TPSA) is 166 Å². The van der Waals surface area contributed by atoms with Crippen LogP contribution in [0.1, 0.15) is 42.9 Å². The lowest BCUT2D eigenvalue weighted by Gasteiger charge is -2.25. The van der Waals surface area contributed by atoms with E-state index in [4.69, 9.17) is 5.73 Å². The fourth-order valence-corrected chi connectivity index (χ4v) is 5.76. The Kier molecular flexibility index (Phi) is 7.11. The minimum atomic E-state index is -3.60. The lowest BCUT2D eigenvalue weighted by atomic mass is 9.96. The Morgan fingerprint density at radius 1 is 0.973 bits per heavy atom. The number of nitrogens with two attached hydrogens (primary N) is 1. The Balaban J connectivity index is 1.76. The summed E-state index contributed by atoms with van der Waals surface area (Å²) < 4.78 is 28.1. The molecular formula is C26H24N6O4S. The molecule has 1 aliphatic heterocycles. The number of pyridine rings is 1. The number of benzene rings is 2. The molecule has 0 saturated carbocycles. The highest BCUT2D eigenvalue weighted by Crippen LogP contribution is 2.30. The van der Waals surface area contributed by atoms with Crippen molar-refractivity contribution in [3.63, 3.8) is 0 Å². The van der Waals surface area contributed by atoms with Crippen LogP contribution in [0.4, 0.5) is 5.82 Å². The van der Waals surface area contributed by atoms with Gasteiger partial charge in [0.2, 0.25) is 10.0 Å². The predicted octanol–water partition coefficient (Wildman–Crippen LogP) is 2.99. The molecule has 0 spiro atoms. The number of phenols is 1. The first kappa shape index (κ1) is 25.6. The van der Waals surface area contributed by atoms with Gasteiger partial charge in [-0.15, -0.1) is 0 Å². The number of aromatic hydroxyl groups is 1. The van der Waals surface area contributed by atoms with E-state index in [9.17, 15) is 28.8 Å². The second kappa shape index (κ2) is 10.3. The molecule has 0 unspecified atom stereocenters. The molecule has 0 atom stereocenters. The summed E-state index contributed by atoms with van der Waals surface area (Å²) in [5, 5.41) is 33.4. The van der Waals surface area contributed by atoms with Crippen LogP contribution in [0.25, 0.3) is 11.1 Å². The van der Waals surface area contributed by atoms with Gasteiger partial charge in [-0.25, -0.2) is 8.42 Å². The molecule has 3 N–H and O–H groups in total. The smallest absolute Gasteiger partial charge is 0.291 e. The summed E-state index contributed by atoms with van der Waals surface area (Å²) in [7, 11) is -3.60. The normalized spacial score (nSPS) is 14.6. The van der Waals surface area contributed by atoms with Gasteiger partial charge in [0.15, 0.2) is 0 Å². The van der Waals surface area contributed by atoms with Gasteiger partial charge < -0.3 is 10.8 Å². The maximum absolute atomic E-state index is 13.2. The van der Waals surface area contributed by atoms with Gasteiger partial charge in [0.05, 0.1) is 10.6 Å². The Morgan fingerprint density at radius 2 is 1.57 bits per heavy atom. The summed E-state index contributed by atoms with van der Waals surface area (Å²) in [6.45, 7) is 2.59. The maximum atomic E-state index is 13.2. The van der Waals surface area contributed by atoms with Crippen molar-refractivity contribution in [1.29, 1.82) is 10.5 Å². The molecule has 0 radical (unpaired) electrons. The van der Waals surface area contributed by atoms with E-state index in [1.165, 1.54) is 40.7 Å². The van der Waals surface area contributed by atoms with E-state index in [1.807, 2.05) is 12.1 Å². The zero-order valence-corrected chi connectivity index (χ0v) is 20.9. The maximum Gasteiger partial charge on any atom is 0.291 e. The van der Waals surface area contributed by atoms with Crippen molar-refractivity contribution >= 4 is 21.6 Å². The molecule has 2 aromatic carbocycles. The monoisotopic (exact) mass is 516 g/mol. The highest BCUT2D eigenvalue weighted by atomic mass is 32.2. The Hall–Kier alpha value is -4.45. The number of nitriles is 2. The molecule has 0 amide bonds. The van der Waals surface area contributed by atoms with Gasteiger partial charge in [-0.05, 0) is 55.2 Å². The quantitative estimate of drug-likeness (QED) is 0.492. The van der Waals surface area contributed by atoms with Gasteiger partial charge in [0, 0.05) is 18.7 Å².